The average molecular weight is 128 g/mol. The lowest BCUT2D eigenvalue weighted by atomic mass is 10.3. The van der Waals surface area contributed by atoms with E-state index in [1.165, 1.54) is 26.1 Å². The Labute approximate surface area is 59.1 Å². The van der Waals surface area contributed by atoms with Gasteiger partial charge in [0.15, 0.2) is 0 Å². The van der Waals surface area contributed by atoms with Crippen LogP contribution in [0, 0.1) is 6.42 Å². The molecule has 0 aliphatic rings. The number of nitrogens with zero attached hydrogens (tertiary/aromatic N) is 1. The van der Waals surface area contributed by atoms with Crippen LogP contribution in [0.5, 0.6) is 0 Å². The van der Waals surface area contributed by atoms with Crippen molar-refractivity contribution in [3.8, 4) is 0 Å². The van der Waals surface area contributed by atoms with E-state index in [-0.39, 0.29) is 0 Å². The predicted octanol–water partition coefficient (Wildman–Crippen LogP) is 1.94. The molecule has 0 unspecified atom stereocenters. The molecule has 0 saturated heterocycles. The summed E-state index contributed by atoms with van der Waals surface area (Å²) < 4.78 is 0. The van der Waals surface area contributed by atoms with Gasteiger partial charge < -0.3 is 4.90 Å². The van der Waals surface area contributed by atoms with Crippen molar-refractivity contribution in [3.63, 3.8) is 0 Å². The topological polar surface area (TPSA) is 3.24 Å². The van der Waals surface area contributed by atoms with Gasteiger partial charge in [-0.3, -0.25) is 0 Å². The molecular weight excluding hydrogens is 110 g/mol. The summed E-state index contributed by atoms with van der Waals surface area (Å²) in [5.74, 6) is 0. The van der Waals surface area contributed by atoms with Crippen molar-refractivity contribution in [2.75, 3.05) is 19.6 Å². The van der Waals surface area contributed by atoms with Gasteiger partial charge in [0, 0.05) is 0 Å². The zero-order valence-electron chi connectivity index (χ0n) is 6.85. The molecule has 0 aromatic rings. The fourth-order valence-corrected chi connectivity index (χ4v) is 0.852. The van der Waals surface area contributed by atoms with Gasteiger partial charge in [0.2, 0.25) is 0 Å². The van der Waals surface area contributed by atoms with E-state index in [1.807, 2.05) is 0 Å². The lowest BCUT2D eigenvalue weighted by Crippen LogP contribution is -2.23. The van der Waals surface area contributed by atoms with E-state index in [1.54, 1.807) is 0 Å². The fraction of sp³-hybridized carbons (Fsp3) is 0.875. The molecule has 0 atom stereocenters. The zero-order valence-corrected chi connectivity index (χ0v) is 6.85. The van der Waals surface area contributed by atoms with Gasteiger partial charge in [-0.1, -0.05) is 20.8 Å². The summed E-state index contributed by atoms with van der Waals surface area (Å²) >= 11 is 0. The SMILES string of the molecule is C[CH]CCN(CC)CC. The molecule has 0 bridgehead atoms. The van der Waals surface area contributed by atoms with Crippen molar-refractivity contribution < 1.29 is 0 Å². The largest absolute Gasteiger partial charge is 0.304 e. The van der Waals surface area contributed by atoms with Crippen LogP contribution in [0.3, 0.4) is 0 Å². The van der Waals surface area contributed by atoms with Gasteiger partial charge in [-0.05, 0) is 32.5 Å². The normalized spacial score (nSPS) is 10.7. The molecule has 0 spiro atoms. The minimum Gasteiger partial charge on any atom is -0.304 e. The average Bonchev–Trinajstić information content (AvgIpc) is 1.91. The first-order chi connectivity index (χ1) is 4.35. The molecule has 0 amide bonds. The predicted molar refractivity (Wildman–Crippen MR) is 42.4 cm³/mol. The first-order valence-electron chi connectivity index (χ1n) is 3.85. The molecule has 1 nitrogen and oxygen atoms in total. The molecule has 55 valence electrons. The Morgan fingerprint density at radius 2 is 1.78 bits per heavy atom. The van der Waals surface area contributed by atoms with Gasteiger partial charge in [0.1, 0.15) is 0 Å². The Kier molecular flexibility index (Phi) is 6.06. The lowest BCUT2D eigenvalue weighted by Gasteiger charge is -2.16. The summed E-state index contributed by atoms with van der Waals surface area (Å²) in [4.78, 5) is 2.43. The van der Waals surface area contributed by atoms with Crippen LogP contribution < -0.4 is 0 Å². The number of unbranched alkanes of at least 4 members (excludes halogenated alkanes) is 1. The molecule has 0 N–H and O–H groups in total. The van der Waals surface area contributed by atoms with Crippen LogP contribution in [0.4, 0.5) is 0 Å². The molecule has 0 saturated carbocycles. The lowest BCUT2D eigenvalue weighted by molar-refractivity contribution is 0.307. The van der Waals surface area contributed by atoms with Gasteiger partial charge >= 0.3 is 0 Å². The first-order valence-corrected chi connectivity index (χ1v) is 3.85. The molecule has 0 aromatic heterocycles. The summed E-state index contributed by atoms with van der Waals surface area (Å²) in [5.41, 5.74) is 0. The van der Waals surface area contributed by atoms with Gasteiger partial charge in [-0.15, -0.1) is 0 Å². The van der Waals surface area contributed by atoms with Crippen molar-refractivity contribution in [2.45, 2.75) is 27.2 Å². The maximum Gasteiger partial charge on any atom is -0.00163 e. The molecular formula is C8H18N. The fourth-order valence-electron chi connectivity index (χ4n) is 0.852. The van der Waals surface area contributed by atoms with Crippen LogP contribution in [0.25, 0.3) is 0 Å². The standard InChI is InChI=1S/C8H18N/c1-4-7-8-9(5-2)6-3/h4H,5-8H2,1-3H3. The van der Waals surface area contributed by atoms with Crippen molar-refractivity contribution in [3.05, 3.63) is 6.42 Å². The van der Waals surface area contributed by atoms with Gasteiger partial charge in [-0.25, -0.2) is 0 Å². The Balaban J connectivity index is 3.09. The second-order valence-corrected chi connectivity index (χ2v) is 2.22. The third-order valence-electron chi connectivity index (χ3n) is 1.63. The van der Waals surface area contributed by atoms with E-state index in [0.29, 0.717) is 0 Å². The minimum absolute atomic E-state index is 1.18. The summed E-state index contributed by atoms with van der Waals surface area (Å²) in [5, 5.41) is 0. The van der Waals surface area contributed by atoms with Gasteiger partial charge in [0.05, 0.1) is 0 Å². The number of hydrogen-bond donors (Lipinski definition) is 0. The quantitative estimate of drug-likeness (QED) is 0.547. The monoisotopic (exact) mass is 128 g/mol. The van der Waals surface area contributed by atoms with Crippen LogP contribution in [0.15, 0.2) is 0 Å². The molecule has 0 aliphatic heterocycles. The first kappa shape index (κ1) is 8.96. The summed E-state index contributed by atoms with van der Waals surface area (Å²) in [6.45, 7) is 10.1. The summed E-state index contributed by atoms with van der Waals surface area (Å²) in [6, 6.07) is 0. The molecule has 0 rings (SSSR count). The van der Waals surface area contributed by atoms with Crippen LogP contribution in [0.1, 0.15) is 27.2 Å². The Morgan fingerprint density at radius 1 is 1.22 bits per heavy atom. The van der Waals surface area contributed by atoms with Gasteiger partial charge in [0.25, 0.3) is 0 Å². The van der Waals surface area contributed by atoms with E-state index in [0.717, 1.165) is 0 Å². The minimum atomic E-state index is 1.18. The number of rotatable bonds is 5. The molecule has 0 heterocycles. The van der Waals surface area contributed by atoms with E-state index >= 15 is 0 Å². The van der Waals surface area contributed by atoms with Crippen LogP contribution >= 0.6 is 0 Å². The Hall–Kier alpha value is -0.0400. The third-order valence-corrected chi connectivity index (χ3v) is 1.63. The maximum atomic E-state index is 2.43. The molecule has 0 aliphatic carbocycles. The molecule has 1 heteroatoms. The number of hydrogen-bond acceptors (Lipinski definition) is 1. The molecule has 9 heavy (non-hydrogen) atoms. The van der Waals surface area contributed by atoms with E-state index in [4.69, 9.17) is 0 Å². The van der Waals surface area contributed by atoms with Crippen LogP contribution in [-0.4, -0.2) is 24.5 Å². The molecule has 1 radical (unpaired) electrons. The second kappa shape index (κ2) is 6.09. The highest BCUT2D eigenvalue weighted by Crippen LogP contribution is 1.91. The van der Waals surface area contributed by atoms with Crippen LogP contribution in [-0.2, 0) is 0 Å². The van der Waals surface area contributed by atoms with Gasteiger partial charge in [-0.2, -0.15) is 0 Å². The summed E-state index contributed by atoms with van der Waals surface area (Å²) in [6.07, 6.45) is 3.44. The van der Waals surface area contributed by atoms with E-state index in [2.05, 4.69) is 32.1 Å². The zero-order chi connectivity index (χ0) is 7.11. The maximum absolute atomic E-state index is 2.43. The van der Waals surface area contributed by atoms with Crippen molar-refractivity contribution >= 4 is 0 Å². The Bertz CT molecular complexity index is 48.5. The highest BCUT2D eigenvalue weighted by Gasteiger charge is 1.94. The van der Waals surface area contributed by atoms with E-state index in [9.17, 15) is 0 Å². The van der Waals surface area contributed by atoms with Crippen molar-refractivity contribution in [1.29, 1.82) is 0 Å². The second-order valence-electron chi connectivity index (χ2n) is 2.22. The Morgan fingerprint density at radius 3 is 2.11 bits per heavy atom. The third kappa shape index (κ3) is 4.46. The highest BCUT2D eigenvalue weighted by molar-refractivity contribution is 4.60. The van der Waals surface area contributed by atoms with Crippen molar-refractivity contribution in [1.82, 2.24) is 4.90 Å². The highest BCUT2D eigenvalue weighted by atomic mass is 15.1. The molecule has 0 aromatic carbocycles. The van der Waals surface area contributed by atoms with Crippen LogP contribution in [0.2, 0.25) is 0 Å². The van der Waals surface area contributed by atoms with Crippen molar-refractivity contribution in [2.24, 2.45) is 0 Å². The molecule has 0 fully saturated rings. The summed E-state index contributed by atoms with van der Waals surface area (Å²) in [7, 11) is 0. The smallest absolute Gasteiger partial charge is 0.00163 e. The van der Waals surface area contributed by atoms with E-state index < -0.39 is 0 Å².